The number of pyridine rings is 1. The van der Waals surface area contributed by atoms with E-state index in [1.807, 2.05) is 31.2 Å². The molecule has 0 atom stereocenters. The fourth-order valence-corrected chi connectivity index (χ4v) is 2.21. The number of nitrogens with zero attached hydrogens (tertiary/aromatic N) is 4. The van der Waals surface area contributed by atoms with Crippen molar-refractivity contribution in [3.05, 3.63) is 66.5 Å². The Morgan fingerprint density at radius 2 is 1.67 bits per heavy atom. The number of hydrogen-bond acceptors (Lipinski definition) is 4. The van der Waals surface area contributed by atoms with Gasteiger partial charge in [0.2, 0.25) is 5.78 Å². The van der Waals surface area contributed by atoms with Crippen LogP contribution < -0.4 is 0 Å². The zero-order valence-electron chi connectivity index (χ0n) is 12.9. The van der Waals surface area contributed by atoms with E-state index in [1.54, 1.807) is 0 Å². The van der Waals surface area contributed by atoms with Gasteiger partial charge in [0.25, 0.3) is 0 Å². The molecule has 0 saturated carbocycles. The second kappa shape index (κ2) is 6.27. The van der Waals surface area contributed by atoms with Crippen LogP contribution in [0.1, 0.15) is 11.3 Å². The number of hydrogen-bond donors (Lipinski definition) is 0. The second-order valence-electron chi connectivity index (χ2n) is 5.43. The lowest BCUT2D eigenvalue weighted by atomic mass is 10.0. The number of aryl methyl sites for hydroxylation is 1. The minimum atomic E-state index is -3.67. The van der Waals surface area contributed by atoms with E-state index < -0.39 is 23.9 Å². The Kier molecular flexibility index (Phi) is 4.16. The maximum Gasteiger partial charge on any atom is 0.348 e. The Morgan fingerprint density at radius 3 is 2.25 bits per heavy atom. The van der Waals surface area contributed by atoms with E-state index in [4.69, 9.17) is 0 Å². The minimum absolute atomic E-state index is 0.513. The van der Waals surface area contributed by atoms with Crippen molar-refractivity contribution >= 4 is 5.78 Å². The molecule has 122 valence electrons. The third kappa shape index (κ3) is 3.19. The molecule has 5 nitrogen and oxygen atoms in total. The average Bonchev–Trinajstić information content (AvgIpc) is 3.08. The summed E-state index contributed by atoms with van der Waals surface area (Å²) in [7, 11) is 0. The van der Waals surface area contributed by atoms with E-state index in [9.17, 15) is 13.6 Å². The van der Waals surface area contributed by atoms with Crippen molar-refractivity contribution in [1.29, 1.82) is 0 Å². The van der Waals surface area contributed by atoms with Gasteiger partial charge in [-0.3, -0.25) is 9.78 Å². The highest BCUT2D eigenvalue weighted by molar-refractivity contribution is 5.86. The van der Waals surface area contributed by atoms with E-state index in [1.165, 1.54) is 35.6 Å². The molecule has 0 unspecified atom stereocenters. The molecule has 0 aliphatic rings. The van der Waals surface area contributed by atoms with Crippen LogP contribution >= 0.6 is 0 Å². The fourth-order valence-electron chi connectivity index (χ4n) is 2.21. The Labute approximate surface area is 137 Å². The molecule has 2 aromatic heterocycles. The number of benzene rings is 1. The Morgan fingerprint density at radius 1 is 1.04 bits per heavy atom. The molecule has 7 heteroatoms. The van der Waals surface area contributed by atoms with E-state index in [0.717, 1.165) is 11.1 Å². The summed E-state index contributed by atoms with van der Waals surface area (Å²) < 4.78 is 29.7. The molecule has 0 spiro atoms. The van der Waals surface area contributed by atoms with Crippen LogP contribution in [0.5, 0.6) is 0 Å². The first-order valence-electron chi connectivity index (χ1n) is 7.24. The van der Waals surface area contributed by atoms with Gasteiger partial charge < -0.3 is 4.57 Å². The number of halogens is 2. The molecule has 3 rings (SSSR count). The highest BCUT2D eigenvalue weighted by Crippen LogP contribution is 2.29. The SMILES string of the molecule is Cc1ccc(-c2ccc(C(F)(F)C(=O)Cn3cnnc3)nc2)cc1. The van der Waals surface area contributed by atoms with Gasteiger partial charge in [-0.2, -0.15) is 8.78 Å². The smallest absolute Gasteiger partial charge is 0.312 e. The van der Waals surface area contributed by atoms with Crippen molar-refractivity contribution in [2.75, 3.05) is 0 Å². The second-order valence-corrected chi connectivity index (χ2v) is 5.43. The molecule has 0 fully saturated rings. The quantitative estimate of drug-likeness (QED) is 0.722. The third-order valence-electron chi connectivity index (χ3n) is 3.61. The summed E-state index contributed by atoms with van der Waals surface area (Å²) in [6, 6.07) is 10.4. The van der Waals surface area contributed by atoms with Crippen LogP contribution in [0.4, 0.5) is 8.78 Å². The highest BCUT2D eigenvalue weighted by atomic mass is 19.3. The van der Waals surface area contributed by atoms with Crippen molar-refractivity contribution in [3.8, 4) is 11.1 Å². The van der Waals surface area contributed by atoms with Crippen LogP contribution in [-0.4, -0.2) is 25.5 Å². The molecule has 2 heterocycles. The van der Waals surface area contributed by atoms with Gasteiger partial charge in [-0.05, 0) is 18.6 Å². The molecule has 0 radical (unpaired) electrons. The van der Waals surface area contributed by atoms with Gasteiger partial charge in [-0.1, -0.05) is 35.9 Å². The van der Waals surface area contributed by atoms with Gasteiger partial charge in [0.15, 0.2) is 0 Å². The predicted octanol–water partition coefficient (Wildman–Crippen LogP) is 3.01. The molecule has 1 aromatic carbocycles. The zero-order valence-corrected chi connectivity index (χ0v) is 12.9. The van der Waals surface area contributed by atoms with Gasteiger partial charge >= 0.3 is 5.92 Å². The van der Waals surface area contributed by atoms with Gasteiger partial charge in [-0.15, -0.1) is 10.2 Å². The molecule has 0 aliphatic heterocycles. The first-order valence-corrected chi connectivity index (χ1v) is 7.24. The number of carbonyl (C=O) groups excluding carboxylic acids is 1. The van der Waals surface area contributed by atoms with Crippen LogP contribution in [0.3, 0.4) is 0 Å². The van der Waals surface area contributed by atoms with Crippen molar-refractivity contribution in [3.63, 3.8) is 0 Å². The number of alkyl halides is 2. The minimum Gasteiger partial charge on any atom is -0.312 e. The topological polar surface area (TPSA) is 60.7 Å². The van der Waals surface area contributed by atoms with Crippen LogP contribution in [-0.2, 0) is 17.3 Å². The summed E-state index contributed by atoms with van der Waals surface area (Å²) in [5.74, 6) is -4.94. The largest absolute Gasteiger partial charge is 0.348 e. The summed E-state index contributed by atoms with van der Waals surface area (Å²) in [6.45, 7) is 1.45. The van der Waals surface area contributed by atoms with Crippen LogP contribution in [0.2, 0.25) is 0 Å². The Hall–Kier alpha value is -2.96. The molecule has 24 heavy (non-hydrogen) atoms. The zero-order chi connectivity index (χ0) is 17.2. The number of Topliss-reactive ketones (excluding diaryl/α,β-unsaturated/α-hetero) is 1. The van der Waals surface area contributed by atoms with Gasteiger partial charge in [0.05, 0.1) is 6.54 Å². The number of aromatic nitrogens is 4. The summed E-state index contributed by atoms with van der Waals surface area (Å²) >= 11 is 0. The lowest BCUT2D eigenvalue weighted by Crippen LogP contribution is -2.30. The van der Waals surface area contributed by atoms with Crippen LogP contribution in [0.15, 0.2) is 55.2 Å². The van der Waals surface area contributed by atoms with E-state index in [2.05, 4.69) is 15.2 Å². The van der Waals surface area contributed by atoms with Crippen molar-refractivity contribution in [2.24, 2.45) is 0 Å². The number of carbonyl (C=O) groups is 1. The molecule has 0 bridgehead atoms. The Balaban J connectivity index is 1.80. The lowest BCUT2D eigenvalue weighted by molar-refractivity contribution is -0.145. The van der Waals surface area contributed by atoms with E-state index in [0.29, 0.717) is 5.56 Å². The molecule has 3 aromatic rings. The van der Waals surface area contributed by atoms with E-state index >= 15 is 0 Å². The molecule has 0 saturated heterocycles. The van der Waals surface area contributed by atoms with Gasteiger partial charge in [-0.25, -0.2) is 0 Å². The van der Waals surface area contributed by atoms with Gasteiger partial charge in [0.1, 0.15) is 18.3 Å². The third-order valence-corrected chi connectivity index (χ3v) is 3.61. The van der Waals surface area contributed by atoms with Crippen LogP contribution in [0, 0.1) is 6.92 Å². The predicted molar refractivity (Wildman–Crippen MR) is 83.3 cm³/mol. The molecule has 0 N–H and O–H groups in total. The normalized spacial score (nSPS) is 11.5. The molecular weight excluding hydrogens is 314 g/mol. The first-order chi connectivity index (χ1) is 11.5. The molecule has 0 amide bonds. The lowest BCUT2D eigenvalue weighted by Gasteiger charge is -2.15. The fraction of sp³-hybridized carbons (Fsp3) is 0.176. The summed E-state index contributed by atoms with van der Waals surface area (Å²) in [5, 5.41) is 6.96. The molecular formula is C17H14F2N4O. The monoisotopic (exact) mass is 328 g/mol. The van der Waals surface area contributed by atoms with E-state index in [-0.39, 0.29) is 0 Å². The van der Waals surface area contributed by atoms with Gasteiger partial charge in [0, 0.05) is 11.8 Å². The first kappa shape index (κ1) is 15.9. The maximum atomic E-state index is 14.3. The standard InChI is InChI=1S/C17H14F2N4O/c1-12-2-4-13(5-3-12)14-6-7-15(20-8-14)17(18,19)16(24)9-23-10-21-22-11-23/h2-8,10-11H,9H2,1H3. The number of rotatable bonds is 5. The Bertz CT molecular complexity index is 828. The number of ketones is 1. The molecule has 0 aliphatic carbocycles. The summed E-state index contributed by atoms with van der Waals surface area (Å²) in [5.41, 5.74) is 2.12. The van der Waals surface area contributed by atoms with Crippen molar-refractivity contribution in [2.45, 2.75) is 19.4 Å². The summed E-state index contributed by atoms with van der Waals surface area (Å²) in [4.78, 5) is 15.6. The highest BCUT2D eigenvalue weighted by Gasteiger charge is 2.41. The van der Waals surface area contributed by atoms with Crippen LogP contribution in [0.25, 0.3) is 11.1 Å². The maximum absolute atomic E-state index is 14.3. The van der Waals surface area contributed by atoms with Crippen molar-refractivity contribution in [1.82, 2.24) is 19.7 Å². The summed E-state index contributed by atoms with van der Waals surface area (Å²) in [6.07, 6.45) is 3.77. The average molecular weight is 328 g/mol. The van der Waals surface area contributed by atoms with Crippen molar-refractivity contribution < 1.29 is 13.6 Å².